The fraction of sp³-hybridized carbons (Fsp3) is 0.100. The summed E-state index contributed by atoms with van der Waals surface area (Å²) in [6.45, 7) is 3.71. The molecular formula is C10H9NO. The average molecular weight is 159 g/mol. The van der Waals surface area contributed by atoms with Gasteiger partial charge in [0.25, 0.3) is 0 Å². The number of carbonyl (C=O) groups excluding carboxylic acids is 1. The van der Waals surface area contributed by atoms with E-state index in [9.17, 15) is 4.79 Å². The average Bonchev–Trinajstić information content (AvgIpc) is 2.33. The van der Waals surface area contributed by atoms with Gasteiger partial charge in [-0.15, -0.1) is 0 Å². The molecule has 0 radical (unpaired) electrons. The van der Waals surface area contributed by atoms with Crippen LogP contribution in [0.5, 0.6) is 0 Å². The zero-order valence-electron chi connectivity index (χ0n) is 6.87. The maximum atomic E-state index is 11.5. The molecule has 0 aliphatic carbocycles. The third-order valence-corrected chi connectivity index (χ3v) is 2.18. The highest BCUT2D eigenvalue weighted by atomic mass is 16.1. The largest absolute Gasteiger partial charge is 0.341 e. The molecule has 0 unspecified atom stereocenters. The van der Waals surface area contributed by atoms with Crippen LogP contribution in [0.3, 0.4) is 0 Å². The van der Waals surface area contributed by atoms with E-state index in [0.717, 1.165) is 11.3 Å². The lowest BCUT2D eigenvalue weighted by molar-refractivity contribution is 0.104. The molecule has 2 heteroatoms. The predicted octanol–water partition coefficient (Wildman–Crippen LogP) is 1.83. The minimum Gasteiger partial charge on any atom is -0.341 e. The van der Waals surface area contributed by atoms with Gasteiger partial charge in [-0.2, -0.15) is 0 Å². The first-order valence-electron chi connectivity index (χ1n) is 3.78. The van der Waals surface area contributed by atoms with Crippen molar-refractivity contribution in [2.24, 2.45) is 0 Å². The molecule has 0 atom stereocenters. The number of Topliss-reactive ketones (excluding diaryl/α,β-unsaturated/α-hetero) is 1. The second-order valence-electron chi connectivity index (χ2n) is 2.85. The van der Waals surface area contributed by atoms with E-state index >= 15 is 0 Å². The van der Waals surface area contributed by atoms with Crippen molar-refractivity contribution in [1.29, 1.82) is 0 Å². The van der Waals surface area contributed by atoms with E-state index < -0.39 is 0 Å². The lowest BCUT2D eigenvalue weighted by Gasteiger charge is -2.10. The smallest absolute Gasteiger partial charge is 0.210 e. The molecule has 2 nitrogen and oxygen atoms in total. The first-order valence-corrected chi connectivity index (χ1v) is 3.78. The fourth-order valence-corrected chi connectivity index (χ4v) is 1.41. The Hall–Kier alpha value is -1.57. The molecule has 0 N–H and O–H groups in total. The lowest BCUT2D eigenvalue weighted by Crippen LogP contribution is -2.12. The molecule has 0 spiro atoms. The van der Waals surface area contributed by atoms with E-state index in [1.807, 2.05) is 36.2 Å². The van der Waals surface area contributed by atoms with Crippen molar-refractivity contribution in [3.63, 3.8) is 0 Å². The van der Waals surface area contributed by atoms with Gasteiger partial charge >= 0.3 is 0 Å². The van der Waals surface area contributed by atoms with Crippen molar-refractivity contribution in [2.45, 2.75) is 0 Å². The molecule has 0 fully saturated rings. The summed E-state index contributed by atoms with van der Waals surface area (Å²) < 4.78 is 0. The molecule has 0 aromatic heterocycles. The highest BCUT2D eigenvalue weighted by Gasteiger charge is 2.26. The van der Waals surface area contributed by atoms with Gasteiger partial charge in [0.1, 0.15) is 0 Å². The summed E-state index contributed by atoms with van der Waals surface area (Å²) >= 11 is 0. The van der Waals surface area contributed by atoms with Crippen molar-refractivity contribution < 1.29 is 4.79 Å². The first kappa shape index (κ1) is 7.10. The van der Waals surface area contributed by atoms with Crippen LogP contribution in [0.25, 0.3) is 0 Å². The Kier molecular flexibility index (Phi) is 1.30. The van der Waals surface area contributed by atoms with Crippen LogP contribution in [-0.4, -0.2) is 12.8 Å². The molecule has 60 valence electrons. The Balaban J connectivity index is 2.67. The zero-order valence-corrected chi connectivity index (χ0v) is 6.87. The van der Waals surface area contributed by atoms with Gasteiger partial charge in [0.05, 0.1) is 11.4 Å². The third kappa shape index (κ3) is 0.720. The minimum absolute atomic E-state index is 0.0353. The zero-order chi connectivity index (χ0) is 8.72. The number of fused-ring (bicyclic) bond motifs is 1. The number of carbonyl (C=O) groups is 1. The SMILES string of the molecule is C=C1C(=O)c2ccccc2N1C. The Morgan fingerprint density at radius 1 is 1.33 bits per heavy atom. The van der Waals surface area contributed by atoms with E-state index in [1.165, 1.54) is 0 Å². The van der Waals surface area contributed by atoms with Crippen LogP contribution in [0.4, 0.5) is 5.69 Å². The normalized spacial score (nSPS) is 15.2. The quantitative estimate of drug-likeness (QED) is 0.538. The molecule has 1 aromatic rings. The summed E-state index contributed by atoms with van der Waals surface area (Å²) in [5, 5.41) is 0. The number of rotatable bonds is 0. The molecule has 0 bridgehead atoms. The van der Waals surface area contributed by atoms with E-state index in [1.54, 1.807) is 0 Å². The third-order valence-electron chi connectivity index (χ3n) is 2.18. The number of ketones is 1. The van der Waals surface area contributed by atoms with Crippen LogP contribution < -0.4 is 4.90 Å². The number of para-hydroxylation sites is 1. The number of allylic oxidation sites excluding steroid dienone is 1. The Bertz CT molecular complexity index is 368. The van der Waals surface area contributed by atoms with E-state index in [4.69, 9.17) is 0 Å². The summed E-state index contributed by atoms with van der Waals surface area (Å²) in [5.41, 5.74) is 2.26. The van der Waals surface area contributed by atoms with Crippen LogP contribution in [0, 0.1) is 0 Å². The maximum Gasteiger partial charge on any atom is 0.210 e. The molecule has 1 aromatic carbocycles. The summed E-state index contributed by atoms with van der Waals surface area (Å²) in [5.74, 6) is 0.0353. The van der Waals surface area contributed by atoms with Gasteiger partial charge in [-0.25, -0.2) is 0 Å². The van der Waals surface area contributed by atoms with Gasteiger partial charge in [0.15, 0.2) is 0 Å². The second kappa shape index (κ2) is 2.21. The van der Waals surface area contributed by atoms with Crippen LogP contribution in [0.15, 0.2) is 36.5 Å². The van der Waals surface area contributed by atoms with Gasteiger partial charge < -0.3 is 4.90 Å². The summed E-state index contributed by atoms with van der Waals surface area (Å²) in [7, 11) is 1.85. The number of nitrogens with zero attached hydrogens (tertiary/aromatic N) is 1. The van der Waals surface area contributed by atoms with E-state index in [0.29, 0.717) is 5.70 Å². The van der Waals surface area contributed by atoms with Crippen LogP contribution >= 0.6 is 0 Å². The lowest BCUT2D eigenvalue weighted by atomic mass is 10.1. The van der Waals surface area contributed by atoms with Crippen molar-refractivity contribution in [3.8, 4) is 0 Å². The van der Waals surface area contributed by atoms with E-state index in [2.05, 4.69) is 6.58 Å². The van der Waals surface area contributed by atoms with Crippen molar-refractivity contribution in [1.82, 2.24) is 0 Å². The molecule has 1 heterocycles. The Morgan fingerprint density at radius 3 is 2.67 bits per heavy atom. The molecule has 12 heavy (non-hydrogen) atoms. The van der Waals surface area contributed by atoms with Gasteiger partial charge in [0.2, 0.25) is 5.78 Å². The fourth-order valence-electron chi connectivity index (χ4n) is 1.41. The van der Waals surface area contributed by atoms with Crippen LogP contribution in [-0.2, 0) is 0 Å². The minimum atomic E-state index is 0.0353. The van der Waals surface area contributed by atoms with Crippen LogP contribution in [0.2, 0.25) is 0 Å². The summed E-state index contributed by atoms with van der Waals surface area (Å²) in [6, 6.07) is 7.53. The Morgan fingerprint density at radius 2 is 2.00 bits per heavy atom. The van der Waals surface area contributed by atoms with Gasteiger partial charge in [-0.3, -0.25) is 4.79 Å². The van der Waals surface area contributed by atoms with Crippen molar-refractivity contribution in [3.05, 3.63) is 42.1 Å². The number of hydrogen-bond acceptors (Lipinski definition) is 2. The second-order valence-corrected chi connectivity index (χ2v) is 2.85. The highest BCUT2D eigenvalue weighted by molar-refractivity contribution is 6.18. The Labute approximate surface area is 71.1 Å². The highest BCUT2D eigenvalue weighted by Crippen LogP contribution is 2.31. The summed E-state index contributed by atoms with van der Waals surface area (Å²) in [6.07, 6.45) is 0. The van der Waals surface area contributed by atoms with Gasteiger partial charge in [-0.05, 0) is 12.1 Å². The molecule has 2 rings (SSSR count). The molecule has 0 saturated carbocycles. The van der Waals surface area contributed by atoms with E-state index in [-0.39, 0.29) is 5.78 Å². The molecular weight excluding hydrogens is 150 g/mol. The van der Waals surface area contributed by atoms with Crippen molar-refractivity contribution in [2.75, 3.05) is 11.9 Å². The number of benzene rings is 1. The van der Waals surface area contributed by atoms with Gasteiger partial charge in [-0.1, -0.05) is 18.7 Å². The molecule has 1 aliphatic rings. The first-order chi connectivity index (χ1) is 5.72. The topological polar surface area (TPSA) is 20.3 Å². The molecule has 1 aliphatic heterocycles. The number of hydrogen-bond donors (Lipinski definition) is 0. The maximum absolute atomic E-state index is 11.5. The van der Waals surface area contributed by atoms with Crippen molar-refractivity contribution >= 4 is 11.5 Å². The van der Waals surface area contributed by atoms with Crippen LogP contribution in [0.1, 0.15) is 10.4 Å². The molecule has 0 saturated heterocycles. The number of likely N-dealkylation sites (N-methyl/N-ethyl adjacent to an activating group) is 1. The monoisotopic (exact) mass is 159 g/mol. The molecule has 0 amide bonds. The standard InChI is InChI=1S/C10H9NO/c1-7-10(12)8-5-3-4-6-9(8)11(7)2/h3-6H,1H2,2H3. The summed E-state index contributed by atoms with van der Waals surface area (Å²) in [4.78, 5) is 13.3. The predicted molar refractivity (Wildman–Crippen MR) is 48.3 cm³/mol. The van der Waals surface area contributed by atoms with Gasteiger partial charge in [0, 0.05) is 12.6 Å². The number of anilines is 1.